The molecule has 1 heterocycles. The van der Waals surface area contributed by atoms with Gasteiger partial charge in [-0.15, -0.1) is 0 Å². The molecule has 1 aromatic carbocycles. The molecule has 92 valence electrons. The first-order valence-corrected chi connectivity index (χ1v) is 5.11. The van der Waals surface area contributed by atoms with Crippen LogP contribution in [0.5, 0.6) is 0 Å². The number of amides is 1. The molecule has 0 radical (unpaired) electrons. The Labute approximate surface area is 102 Å². The Hall–Kier alpha value is -2.70. The van der Waals surface area contributed by atoms with Gasteiger partial charge in [0.25, 0.3) is 11.6 Å². The van der Waals surface area contributed by atoms with Gasteiger partial charge in [-0.05, 0) is 6.07 Å². The Morgan fingerprint density at radius 2 is 2.17 bits per heavy atom. The second-order valence-corrected chi connectivity index (χ2v) is 3.63. The third-order valence-electron chi connectivity index (χ3n) is 2.32. The van der Waals surface area contributed by atoms with Gasteiger partial charge in [-0.1, -0.05) is 12.1 Å². The normalized spacial score (nSPS) is 10.1. The molecule has 1 amide bonds. The maximum atomic E-state index is 11.8. The SMILES string of the molecule is Cn1cc(C(=O)Nc2ccccc2[N+](=O)[O-])cn1. The average Bonchev–Trinajstić information content (AvgIpc) is 2.76. The van der Waals surface area contributed by atoms with E-state index in [1.807, 2.05) is 0 Å². The first kappa shape index (κ1) is 11.8. The third kappa shape index (κ3) is 2.34. The molecule has 0 saturated carbocycles. The number of benzene rings is 1. The van der Waals surface area contributed by atoms with Crippen molar-refractivity contribution in [2.24, 2.45) is 7.05 Å². The van der Waals surface area contributed by atoms with Crippen molar-refractivity contribution in [2.75, 3.05) is 5.32 Å². The molecule has 0 aliphatic heterocycles. The van der Waals surface area contributed by atoms with E-state index in [-0.39, 0.29) is 11.4 Å². The highest BCUT2D eigenvalue weighted by Crippen LogP contribution is 2.23. The number of nitrogens with one attached hydrogen (secondary N) is 1. The number of carbonyl (C=O) groups excluding carboxylic acids is 1. The average molecular weight is 246 g/mol. The smallest absolute Gasteiger partial charge is 0.292 e. The fourth-order valence-corrected chi connectivity index (χ4v) is 1.47. The van der Waals surface area contributed by atoms with E-state index in [2.05, 4.69) is 10.4 Å². The zero-order valence-electron chi connectivity index (χ0n) is 9.53. The molecule has 7 nitrogen and oxygen atoms in total. The molecule has 0 bridgehead atoms. The van der Waals surface area contributed by atoms with Crippen molar-refractivity contribution in [2.45, 2.75) is 0 Å². The Bertz CT molecular complexity index is 606. The first-order chi connectivity index (χ1) is 8.58. The molecule has 2 aromatic rings. The second-order valence-electron chi connectivity index (χ2n) is 3.63. The zero-order valence-corrected chi connectivity index (χ0v) is 9.53. The minimum absolute atomic E-state index is 0.144. The van der Waals surface area contributed by atoms with Gasteiger partial charge in [0.05, 0.1) is 16.7 Å². The van der Waals surface area contributed by atoms with Crippen molar-refractivity contribution in [3.8, 4) is 0 Å². The van der Waals surface area contributed by atoms with Crippen LogP contribution in [0.15, 0.2) is 36.7 Å². The number of aryl methyl sites for hydroxylation is 1. The van der Waals surface area contributed by atoms with Gasteiger partial charge in [0.1, 0.15) is 5.69 Å². The van der Waals surface area contributed by atoms with Crippen molar-refractivity contribution < 1.29 is 9.72 Å². The number of nitro groups is 1. The lowest BCUT2D eigenvalue weighted by Gasteiger charge is -2.03. The molecule has 0 spiro atoms. The van der Waals surface area contributed by atoms with E-state index >= 15 is 0 Å². The van der Waals surface area contributed by atoms with Crippen LogP contribution in [0.3, 0.4) is 0 Å². The van der Waals surface area contributed by atoms with Gasteiger partial charge >= 0.3 is 0 Å². The van der Waals surface area contributed by atoms with Crippen LogP contribution in [0, 0.1) is 10.1 Å². The summed E-state index contributed by atoms with van der Waals surface area (Å²) >= 11 is 0. The highest BCUT2D eigenvalue weighted by Gasteiger charge is 2.16. The summed E-state index contributed by atoms with van der Waals surface area (Å²) in [6.07, 6.45) is 2.92. The summed E-state index contributed by atoms with van der Waals surface area (Å²) in [6.45, 7) is 0. The number of aromatic nitrogens is 2. The monoisotopic (exact) mass is 246 g/mol. The topological polar surface area (TPSA) is 90.1 Å². The molecule has 0 unspecified atom stereocenters. The molecule has 7 heteroatoms. The van der Waals surface area contributed by atoms with Crippen molar-refractivity contribution in [3.63, 3.8) is 0 Å². The number of hydrogen-bond donors (Lipinski definition) is 1. The van der Waals surface area contributed by atoms with Gasteiger partial charge in [-0.2, -0.15) is 5.10 Å². The summed E-state index contributed by atoms with van der Waals surface area (Å²) in [7, 11) is 1.68. The van der Waals surface area contributed by atoms with Crippen molar-refractivity contribution >= 4 is 17.3 Å². The summed E-state index contributed by atoms with van der Waals surface area (Å²) in [4.78, 5) is 22.1. The maximum Gasteiger partial charge on any atom is 0.292 e. The van der Waals surface area contributed by atoms with E-state index in [1.165, 1.54) is 35.3 Å². The molecule has 0 saturated heterocycles. The van der Waals surface area contributed by atoms with Crippen LogP contribution in [-0.4, -0.2) is 20.6 Å². The number of hydrogen-bond acceptors (Lipinski definition) is 4. The summed E-state index contributed by atoms with van der Waals surface area (Å²) in [6, 6.07) is 5.97. The van der Waals surface area contributed by atoms with Crippen LogP contribution in [0.4, 0.5) is 11.4 Å². The Morgan fingerprint density at radius 3 is 2.78 bits per heavy atom. The molecule has 0 fully saturated rings. The van der Waals surface area contributed by atoms with Crippen molar-refractivity contribution in [1.82, 2.24) is 9.78 Å². The second kappa shape index (κ2) is 4.66. The van der Waals surface area contributed by atoms with Gasteiger partial charge in [-0.3, -0.25) is 19.6 Å². The predicted octanol–water partition coefficient (Wildman–Crippen LogP) is 1.58. The van der Waals surface area contributed by atoms with Crippen LogP contribution in [0.25, 0.3) is 0 Å². The minimum Gasteiger partial charge on any atom is -0.316 e. The molecular weight excluding hydrogens is 236 g/mol. The van der Waals surface area contributed by atoms with Gasteiger partial charge < -0.3 is 5.32 Å². The number of para-hydroxylation sites is 2. The third-order valence-corrected chi connectivity index (χ3v) is 2.32. The van der Waals surface area contributed by atoms with Gasteiger partial charge in [0.15, 0.2) is 0 Å². The van der Waals surface area contributed by atoms with Gasteiger partial charge in [0.2, 0.25) is 0 Å². The van der Waals surface area contributed by atoms with Crippen LogP contribution >= 0.6 is 0 Å². The molecular formula is C11H10N4O3. The molecule has 0 atom stereocenters. The van der Waals surface area contributed by atoms with Crippen molar-refractivity contribution in [1.29, 1.82) is 0 Å². The maximum absolute atomic E-state index is 11.8. The number of nitrogens with zero attached hydrogens (tertiary/aromatic N) is 3. The first-order valence-electron chi connectivity index (χ1n) is 5.11. The van der Waals surface area contributed by atoms with E-state index < -0.39 is 10.8 Å². The predicted molar refractivity (Wildman–Crippen MR) is 64.3 cm³/mol. The van der Waals surface area contributed by atoms with Gasteiger partial charge in [-0.25, -0.2) is 0 Å². The quantitative estimate of drug-likeness (QED) is 0.657. The molecule has 1 aromatic heterocycles. The minimum atomic E-state index is -0.543. The lowest BCUT2D eigenvalue weighted by Crippen LogP contribution is -2.12. The fourth-order valence-electron chi connectivity index (χ4n) is 1.47. The van der Waals surface area contributed by atoms with E-state index in [0.717, 1.165) is 0 Å². The molecule has 18 heavy (non-hydrogen) atoms. The molecule has 0 aliphatic rings. The number of rotatable bonds is 3. The standard InChI is InChI=1S/C11H10N4O3/c1-14-7-8(6-12-14)11(16)13-9-4-2-3-5-10(9)15(17)18/h2-7H,1H3,(H,13,16). The Balaban J connectivity index is 2.24. The highest BCUT2D eigenvalue weighted by molar-refractivity contribution is 6.05. The van der Waals surface area contributed by atoms with Crippen LogP contribution in [0.1, 0.15) is 10.4 Å². The van der Waals surface area contributed by atoms with Crippen LogP contribution in [-0.2, 0) is 7.05 Å². The molecule has 2 rings (SSSR count). The number of carbonyl (C=O) groups is 1. The zero-order chi connectivity index (χ0) is 13.1. The largest absolute Gasteiger partial charge is 0.316 e. The van der Waals surface area contributed by atoms with E-state index in [9.17, 15) is 14.9 Å². The fraction of sp³-hybridized carbons (Fsp3) is 0.0909. The van der Waals surface area contributed by atoms with E-state index in [1.54, 1.807) is 13.1 Å². The summed E-state index contributed by atoms with van der Waals surface area (Å²) < 4.78 is 1.48. The number of nitro benzene ring substituents is 1. The van der Waals surface area contributed by atoms with E-state index in [0.29, 0.717) is 5.56 Å². The lowest BCUT2D eigenvalue weighted by atomic mass is 10.2. The van der Waals surface area contributed by atoms with Crippen LogP contribution < -0.4 is 5.32 Å². The summed E-state index contributed by atoms with van der Waals surface area (Å²) in [5, 5.41) is 17.1. The highest BCUT2D eigenvalue weighted by atomic mass is 16.6. The van der Waals surface area contributed by atoms with Crippen LogP contribution in [0.2, 0.25) is 0 Å². The summed E-state index contributed by atoms with van der Waals surface area (Å²) in [5.41, 5.74) is 0.363. The Morgan fingerprint density at radius 1 is 1.44 bits per heavy atom. The summed E-state index contributed by atoms with van der Waals surface area (Å²) in [5.74, 6) is -0.433. The van der Waals surface area contributed by atoms with E-state index in [4.69, 9.17) is 0 Å². The number of anilines is 1. The lowest BCUT2D eigenvalue weighted by molar-refractivity contribution is -0.383. The van der Waals surface area contributed by atoms with Gasteiger partial charge in [0, 0.05) is 19.3 Å². The molecule has 0 aliphatic carbocycles. The Kier molecular flexibility index (Phi) is 3.05. The van der Waals surface area contributed by atoms with Crippen molar-refractivity contribution in [3.05, 3.63) is 52.3 Å². The molecule has 1 N–H and O–H groups in total.